The van der Waals surface area contributed by atoms with Crippen LogP contribution in [0.1, 0.15) is 31.9 Å². The predicted octanol–water partition coefficient (Wildman–Crippen LogP) is 3.33. The number of amides is 1. The van der Waals surface area contributed by atoms with Gasteiger partial charge in [0.05, 0.1) is 18.6 Å². The third-order valence-corrected chi connectivity index (χ3v) is 3.62. The molecular weight excluding hydrogens is 318 g/mol. The van der Waals surface area contributed by atoms with E-state index in [1.54, 1.807) is 44.2 Å². The topological polar surface area (TPSA) is 71.7 Å². The maximum Gasteiger partial charge on any atom is 0.263 e. The number of benzene rings is 1. The van der Waals surface area contributed by atoms with Gasteiger partial charge in [0.1, 0.15) is 5.75 Å². The molecular formula is C17H20ClNO4. The van der Waals surface area contributed by atoms with Crippen molar-refractivity contribution in [2.75, 3.05) is 6.54 Å². The van der Waals surface area contributed by atoms with Gasteiger partial charge >= 0.3 is 0 Å². The highest BCUT2D eigenvalue weighted by Crippen LogP contribution is 2.21. The van der Waals surface area contributed by atoms with Gasteiger partial charge in [-0.1, -0.05) is 11.6 Å². The minimum atomic E-state index is -1.03. The van der Waals surface area contributed by atoms with Crippen molar-refractivity contribution in [3.63, 3.8) is 0 Å². The third kappa shape index (κ3) is 5.01. The normalized spacial score (nSPS) is 12.7. The van der Waals surface area contributed by atoms with E-state index in [2.05, 4.69) is 5.32 Å². The van der Waals surface area contributed by atoms with Gasteiger partial charge < -0.3 is 19.6 Å². The fraction of sp³-hybridized carbons (Fsp3) is 0.353. The van der Waals surface area contributed by atoms with Crippen LogP contribution < -0.4 is 10.1 Å². The van der Waals surface area contributed by atoms with E-state index in [0.717, 1.165) is 0 Å². The second kappa shape index (κ2) is 7.53. The first kappa shape index (κ1) is 17.4. The van der Waals surface area contributed by atoms with Gasteiger partial charge in [-0.05, 0) is 50.6 Å². The molecule has 1 aromatic carbocycles. The minimum absolute atomic E-state index is 0.258. The van der Waals surface area contributed by atoms with Crippen LogP contribution in [0.5, 0.6) is 5.75 Å². The van der Waals surface area contributed by atoms with Gasteiger partial charge in [-0.3, -0.25) is 4.79 Å². The van der Waals surface area contributed by atoms with Crippen LogP contribution in [0.3, 0.4) is 0 Å². The standard InChI is InChI=1S/C17H20ClNO4/c1-17(2,23-14-5-3-13(18)4-6-14)16(21)19-9-7-15(20)12-8-10-22-11-12/h3-6,8,10-11,15,20H,7,9H2,1-2H3,(H,19,21). The molecule has 0 radical (unpaired) electrons. The van der Waals surface area contributed by atoms with E-state index in [0.29, 0.717) is 29.3 Å². The molecule has 5 nitrogen and oxygen atoms in total. The highest BCUT2D eigenvalue weighted by atomic mass is 35.5. The van der Waals surface area contributed by atoms with Gasteiger partial charge in [-0.25, -0.2) is 0 Å². The van der Waals surface area contributed by atoms with Gasteiger partial charge in [-0.2, -0.15) is 0 Å². The number of rotatable bonds is 7. The van der Waals surface area contributed by atoms with Gasteiger partial charge in [0.15, 0.2) is 5.60 Å². The van der Waals surface area contributed by atoms with Crippen LogP contribution in [0, 0.1) is 0 Å². The molecule has 23 heavy (non-hydrogen) atoms. The van der Waals surface area contributed by atoms with Crippen molar-refractivity contribution in [3.8, 4) is 5.75 Å². The number of carbonyl (C=O) groups is 1. The second-order valence-corrected chi connectivity index (χ2v) is 6.12. The number of carbonyl (C=O) groups excluding carboxylic acids is 1. The molecule has 0 aliphatic carbocycles. The van der Waals surface area contributed by atoms with Crippen molar-refractivity contribution in [1.29, 1.82) is 0 Å². The van der Waals surface area contributed by atoms with Crippen LogP contribution in [0.2, 0.25) is 5.02 Å². The van der Waals surface area contributed by atoms with E-state index in [9.17, 15) is 9.90 Å². The zero-order valence-corrected chi connectivity index (χ0v) is 13.8. The number of hydrogen-bond acceptors (Lipinski definition) is 4. The van der Waals surface area contributed by atoms with Crippen LogP contribution in [0.4, 0.5) is 0 Å². The van der Waals surface area contributed by atoms with Crippen LogP contribution in [-0.4, -0.2) is 23.2 Å². The van der Waals surface area contributed by atoms with Crippen molar-refractivity contribution in [2.45, 2.75) is 32.0 Å². The predicted molar refractivity (Wildman–Crippen MR) is 87.5 cm³/mol. The first-order valence-corrected chi connectivity index (χ1v) is 7.69. The lowest BCUT2D eigenvalue weighted by Gasteiger charge is -2.25. The number of ether oxygens (including phenoxy) is 1. The third-order valence-electron chi connectivity index (χ3n) is 3.36. The summed E-state index contributed by atoms with van der Waals surface area (Å²) in [6, 6.07) is 8.51. The minimum Gasteiger partial charge on any atom is -0.478 e. The fourth-order valence-electron chi connectivity index (χ4n) is 2.01. The van der Waals surface area contributed by atoms with Crippen molar-refractivity contribution in [3.05, 3.63) is 53.4 Å². The molecule has 2 aromatic rings. The molecule has 0 saturated heterocycles. The Morgan fingerprint density at radius 1 is 1.35 bits per heavy atom. The van der Waals surface area contributed by atoms with E-state index in [-0.39, 0.29) is 5.91 Å². The fourth-order valence-corrected chi connectivity index (χ4v) is 2.14. The number of furan rings is 1. The summed E-state index contributed by atoms with van der Waals surface area (Å²) in [5, 5.41) is 13.3. The van der Waals surface area contributed by atoms with Crippen LogP contribution in [0.15, 0.2) is 47.3 Å². The Hall–Kier alpha value is -1.98. The summed E-state index contributed by atoms with van der Waals surface area (Å²) in [7, 11) is 0. The van der Waals surface area contributed by atoms with Crippen molar-refractivity contribution in [2.24, 2.45) is 0 Å². The van der Waals surface area contributed by atoms with Crippen LogP contribution >= 0.6 is 11.6 Å². The molecule has 1 aromatic heterocycles. The first-order chi connectivity index (χ1) is 10.9. The Balaban J connectivity index is 1.82. The monoisotopic (exact) mass is 337 g/mol. The number of nitrogens with one attached hydrogen (secondary N) is 1. The summed E-state index contributed by atoms with van der Waals surface area (Å²) < 4.78 is 10.6. The maximum atomic E-state index is 12.2. The SMILES string of the molecule is CC(C)(Oc1ccc(Cl)cc1)C(=O)NCCC(O)c1ccoc1. The van der Waals surface area contributed by atoms with Crippen molar-refractivity contribution >= 4 is 17.5 Å². The molecule has 1 atom stereocenters. The lowest BCUT2D eigenvalue weighted by Crippen LogP contribution is -2.47. The molecule has 6 heteroatoms. The summed E-state index contributed by atoms with van der Waals surface area (Å²) in [6.07, 6.45) is 2.71. The van der Waals surface area contributed by atoms with Gasteiger partial charge in [0, 0.05) is 17.1 Å². The second-order valence-electron chi connectivity index (χ2n) is 5.68. The molecule has 0 fully saturated rings. The van der Waals surface area contributed by atoms with Crippen molar-refractivity contribution < 1.29 is 19.1 Å². The van der Waals surface area contributed by atoms with E-state index in [4.69, 9.17) is 20.8 Å². The Bertz CT molecular complexity index is 623. The molecule has 0 aliphatic heterocycles. The van der Waals surface area contributed by atoms with Gasteiger partial charge in [-0.15, -0.1) is 0 Å². The molecule has 0 aliphatic rings. The summed E-state index contributed by atoms with van der Waals surface area (Å²) >= 11 is 5.82. The average molecular weight is 338 g/mol. The van der Waals surface area contributed by atoms with Crippen molar-refractivity contribution in [1.82, 2.24) is 5.32 Å². The number of aliphatic hydroxyl groups excluding tert-OH is 1. The Kier molecular flexibility index (Phi) is 5.69. The summed E-state index contributed by atoms with van der Waals surface area (Å²) in [5.41, 5.74) is -0.343. The molecule has 1 heterocycles. The van der Waals surface area contributed by atoms with E-state index >= 15 is 0 Å². The van der Waals surface area contributed by atoms with Gasteiger partial charge in [0.25, 0.3) is 5.91 Å². The molecule has 2 N–H and O–H groups in total. The van der Waals surface area contributed by atoms with E-state index in [1.165, 1.54) is 12.5 Å². The lowest BCUT2D eigenvalue weighted by atomic mass is 10.1. The molecule has 2 rings (SSSR count). The lowest BCUT2D eigenvalue weighted by molar-refractivity contribution is -0.134. The summed E-state index contributed by atoms with van der Waals surface area (Å²) in [4.78, 5) is 12.2. The summed E-state index contributed by atoms with van der Waals surface area (Å²) in [6.45, 7) is 3.70. The number of halogens is 1. The molecule has 0 bridgehead atoms. The highest BCUT2D eigenvalue weighted by molar-refractivity contribution is 6.30. The number of hydrogen-bond donors (Lipinski definition) is 2. The Labute approximate surface area is 140 Å². The average Bonchev–Trinajstić information content (AvgIpc) is 3.03. The van der Waals surface area contributed by atoms with E-state index in [1.807, 2.05) is 0 Å². The van der Waals surface area contributed by atoms with E-state index < -0.39 is 11.7 Å². The van der Waals surface area contributed by atoms with Crippen LogP contribution in [0.25, 0.3) is 0 Å². The molecule has 0 saturated carbocycles. The summed E-state index contributed by atoms with van der Waals surface area (Å²) in [5.74, 6) is 0.305. The Morgan fingerprint density at radius 3 is 2.65 bits per heavy atom. The molecule has 124 valence electrons. The number of aliphatic hydroxyl groups is 1. The smallest absolute Gasteiger partial charge is 0.263 e. The largest absolute Gasteiger partial charge is 0.478 e. The molecule has 1 amide bonds. The maximum absolute atomic E-state index is 12.2. The van der Waals surface area contributed by atoms with Gasteiger partial charge in [0.2, 0.25) is 0 Å². The zero-order chi connectivity index (χ0) is 16.9. The first-order valence-electron chi connectivity index (χ1n) is 7.31. The molecule has 0 spiro atoms. The molecule has 1 unspecified atom stereocenters. The highest BCUT2D eigenvalue weighted by Gasteiger charge is 2.29. The van der Waals surface area contributed by atoms with Crippen LogP contribution in [-0.2, 0) is 4.79 Å². The Morgan fingerprint density at radius 2 is 2.04 bits per heavy atom. The zero-order valence-electron chi connectivity index (χ0n) is 13.1. The quantitative estimate of drug-likeness (QED) is 0.813.